The zero-order valence-corrected chi connectivity index (χ0v) is 58.5. The molecule has 0 aromatic carbocycles. The third-order valence-corrected chi connectivity index (χ3v) is 18.2. The number of esters is 2. The van der Waals surface area contributed by atoms with Crippen LogP contribution in [0.15, 0.2) is 24.3 Å². The van der Waals surface area contributed by atoms with Gasteiger partial charge in [0.05, 0.1) is 27.7 Å². The Morgan fingerprint density at radius 2 is 0.635 bits per heavy atom. The standard InChI is InChI=1S/C75H146NO8P/c1-6-8-10-12-14-16-18-20-22-24-26-28-30-32-34-35-36-37-38-39-40-42-43-45-47-49-51-53-55-57-59-61-63-65-67-74(77)81-71-73(72-83-85(79,80)82-70-69-76(3,4)5)84-75(78)68-66-64-62-60-58-56-54-52-50-48-46-44-41-33-31-29-27-25-23-21-19-17-15-13-11-9-7-2/h19,21,25,27,73H,6-18,20,22-24,26,28-72H2,1-5H3/b21-19-,27-25-. The summed E-state index contributed by atoms with van der Waals surface area (Å²) >= 11 is 0. The topological polar surface area (TPSA) is 111 Å². The van der Waals surface area contributed by atoms with Crippen molar-refractivity contribution in [3.8, 4) is 0 Å². The molecule has 0 aliphatic heterocycles. The van der Waals surface area contributed by atoms with Crippen LogP contribution in [0.2, 0.25) is 0 Å². The third kappa shape index (κ3) is 71.4. The van der Waals surface area contributed by atoms with Crippen molar-refractivity contribution in [2.75, 3.05) is 47.5 Å². The zero-order valence-electron chi connectivity index (χ0n) is 57.6. The van der Waals surface area contributed by atoms with Gasteiger partial charge >= 0.3 is 11.9 Å². The van der Waals surface area contributed by atoms with E-state index in [-0.39, 0.29) is 32.0 Å². The summed E-state index contributed by atoms with van der Waals surface area (Å²) in [5.41, 5.74) is 0. The van der Waals surface area contributed by atoms with E-state index in [0.717, 1.165) is 38.5 Å². The fourth-order valence-corrected chi connectivity index (χ4v) is 12.2. The lowest BCUT2D eigenvalue weighted by molar-refractivity contribution is -0.870. The lowest BCUT2D eigenvalue weighted by atomic mass is 10.0. The smallest absolute Gasteiger partial charge is 0.306 e. The van der Waals surface area contributed by atoms with Gasteiger partial charge in [-0.05, 0) is 44.9 Å². The molecule has 504 valence electrons. The Morgan fingerprint density at radius 3 is 0.929 bits per heavy atom. The van der Waals surface area contributed by atoms with E-state index in [9.17, 15) is 19.0 Å². The molecule has 0 saturated carbocycles. The molecule has 0 radical (unpaired) electrons. The molecule has 0 aromatic rings. The molecular weight excluding hydrogens is 1070 g/mol. The quantitative estimate of drug-likeness (QED) is 0.0195. The molecule has 0 aliphatic rings. The van der Waals surface area contributed by atoms with Crippen LogP contribution in [0.3, 0.4) is 0 Å². The second-order valence-electron chi connectivity index (χ2n) is 27.0. The largest absolute Gasteiger partial charge is 0.756 e. The summed E-state index contributed by atoms with van der Waals surface area (Å²) in [5, 5.41) is 0. The number of phosphoric ester groups is 1. The highest BCUT2D eigenvalue weighted by Crippen LogP contribution is 2.38. The summed E-state index contributed by atoms with van der Waals surface area (Å²) < 4.78 is 34.4. The fourth-order valence-electron chi connectivity index (χ4n) is 11.5. The molecule has 0 heterocycles. The van der Waals surface area contributed by atoms with Crippen molar-refractivity contribution in [2.24, 2.45) is 0 Å². The molecule has 0 bridgehead atoms. The predicted octanol–water partition coefficient (Wildman–Crippen LogP) is 23.8. The van der Waals surface area contributed by atoms with Gasteiger partial charge in [-0.3, -0.25) is 14.2 Å². The number of carbonyl (C=O) groups excluding carboxylic acids is 2. The lowest BCUT2D eigenvalue weighted by Gasteiger charge is -2.28. The highest BCUT2D eigenvalue weighted by atomic mass is 31.2. The van der Waals surface area contributed by atoms with Gasteiger partial charge in [0.2, 0.25) is 0 Å². The minimum atomic E-state index is -4.64. The Hall–Kier alpha value is -1.51. The van der Waals surface area contributed by atoms with Crippen LogP contribution < -0.4 is 4.89 Å². The van der Waals surface area contributed by atoms with Crippen LogP contribution in [0.4, 0.5) is 0 Å². The number of hydrogen-bond acceptors (Lipinski definition) is 8. The minimum Gasteiger partial charge on any atom is -0.756 e. The maximum Gasteiger partial charge on any atom is 0.306 e. The van der Waals surface area contributed by atoms with Crippen LogP contribution in [-0.4, -0.2) is 70.0 Å². The molecule has 0 aromatic heterocycles. The first-order chi connectivity index (χ1) is 41.5. The first-order valence-corrected chi connectivity index (χ1v) is 39.0. The molecule has 0 amide bonds. The van der Waals surface area contributed by atoms with Crippen LogP contribution >= 0.6 is 7.82 Å². The van der Waals surface area contributed by atoms with Gasteiger partial charge in [0, 0.05) is 12.8 Å². The number of carbonyl (C=O) groups is 2. The highest BCUT2D eigenvalue weighted by Gasteiger charge is 2.22. The number of quaternary nitrogens is 1. The van der Waals surface area contributed by atoms with Crippen LogP contribution in [0.1, 0.15) is 393 Å². The monoisotopic (exact) mass is 1220 g/mol. The number of rotatable bonds is 71. The van der Waals surface area contributed by atoms with Crippen LogP contribution in [-0.2, 0) is 32.7 Å². The van der Waals surface area contributed by atoms with Crippen molar-refractivity contribution < 1.29 is 42.1 Å². The van der Waals surface area contributed by atoms with Crippen LogP contribution in [0.5, 0.6) is 0 Å². The number of ether oxygens (including phenoxy) is 2. The molecule has 2 unspecified atom stereocenters. The van der Waals surface area contributed by atoms with Crippen molar-refractivity contribution in [1.82, 2.24) is 0 Å². The number of phosphoric acid groups is 1. The summed E-state index contributed by atoms with van der Waals surface area (Å²) in [7, 11) is 1.19. The van der Waals surface area contributed by atoms with Gasteiger partial charge in [-0.2, -0.15) is 0 Å². The average Bonchev–Trinajstić information content (AvgIpc) is 3.52. The Labute approximate surface area is 529 Å². The third-order valence-electron chi connectivity index (χ3n) is 17.2. The van der Waals surface area contributed by atoms with Crippen molar-refractivity contribution in [2.45, 2.75) is 399 Å². The second kappa shape index (κ2) is 66.9. The number of nitrogens with zero attached hydrogens (tertiary/aromatic N) is 1. The number of unbranched alkanes of at least 4 members (excludes halogenated alkanes) is 53. The van der Waals surface area contributed by atoms with Gasteiger partial charge in [-0.15, -0.1) is 0 Å². The summed E-state index contributed by atoms with van der Waals surface area (Å²) in [6.45, 7) is 4.31. The molecule has 10 heteroatoms. The Balaban J connectivity index is 3.93. The van der Waals surface area contributed by atoms with Gasteiger partial charge in [-0.1, -0.05) is 359 Å². The molecule has 0 N–H and O–H groups in total. The van der Waals surface area contributed by atoms with E-state index in [1.54, 1.807) is 0 Å². The van der Waals surface area contributed by atoms with Crippen molar-refractivity contribution in [3.05, 3.63) is 24.3 Å². The molecule has 9 nitrogen and oxygen atoms in total. The van der Waals surface area contributed by atoms with E-state index < -0.39 is 26.5 Å². The molecule has 85 heavy (non-hydrogen) atoms. The molecular formula is C75H146NO8P. The highest BCUT2D eigenvalue weighted by molar-refractivity contribution is 7.45. The van der Waals surface area contributed by atoms with Gasteiger partial charge in [0.15, 0.2) is 6.10 Å². The molecule has 0 spiro atoms. The second-order valence-corrected chi connectivity index (χ2v) is 28.4. The summed E-state index contributed by atoms with van der Waals surface area (Å²) in [6, 6.07) is 0. The van der Waals surface area contributed by atoms with E-state index in [4.69, 9.17) is 18.5 Å². The fraction of sp³-hybridized carbons (Fsp3) is 0.920. The Bertz CT molecular complexity index is 1480. The molecule has 0 fully saturated rings. The maximum absolute atomic E-state index is 12.9. The Kier molecular flexibility index (Phi) is 65.7. The van der Waals surface area contributed by atoms with Crippen molar-refractivity contribution >= 4 is 19.8 Å². The van der Waals surface area contributed by atoms with Crippen LogP contribution in [0, 0.1) is 0 Å². The summed E-state index contributed by atoms with van der Waals surface area (Å²) in [6.07, 6.45) is 84.3. The predicted molar refractivity (Wildman–Crippen MR) is 365 cm³/mol. The number of likely N-dealkylation sites (N-methyl/N-ethyl adjacent to an activating group) is 1. The van der Waals surface area contributed by atoms with E-state index in [1.807, 2.05) is 21.1 Å². The molecule has 2 atom stereocenters. The van der Waals surface area contributed by atoms with Gasteiger partial charge in [0.1, 0.15) is 19.8 Å². The van der Waals surface area contributed by atoms with Crippen molar-refractivity contribution in [1.29, 1.82) is 0 Å². The van der Waals surface area contributed by atoms with E-state index in [0.29, 0.717) is 17.4 Å². The van der Waals surface area contributed by atoms with Gasteiger partial charge < -0.3 is 27.9 Å². The molecule has 0 aliphatic carbocycles. The maximum atomic E-state index is 12.9. The van der Waals surface area contributed by atoms with E-state index in [1.165, 1.54) is 321 Å². The van der Waals surface area contributed by atoms with Crippen LogP contribution in [0.25, 0.3) is 0 Å². The number of allylic oxidation sites excluding steroid dienone is 4. The lowest BCUT2D eigenvalue weighted by Crippen LogP contribution is -2.37. The first kappa shape index (κ1) is 83.5. The normalized spacial score (nSPS) is 13.2. The molecule has 0 rings (SSSR count). The van der Waals surface area contributed by atoms with E-state index >= 15 is 0 Å². The van der Waals surface area contributed by atoms with Gasteiger partial charge in [-0.25, -0.2) is 0 Å². The average molecular weight is 1220 g/mol. The summed E-state index contributed by atoms with van der Waals surface area (Å²) in [4.78, 5) is 38.1. The minimum absolute atomic E-state index is 0.0273. The Morgan fingerprint density at radius 1 is 0.365 bits per heavy atom. The van der Waals surface area contributed by atoms with E-state index in [2.05, 4.69) is 38.2 Å². The summed E-state index contributed by atoms with van der Waals surface area (Å²) in [5.74, 6) is -0.809. The molecule has 0 saturated heterocycles. The SMILES string of the molecule is CCCCCCC/C=C\C/C=C\CCCCCCCCCCCCCCCCCC(=O)OC(COC(=O)CCCCCCCCCCCCCCCCCCCCCCCCCCCCCCCCCCCC)COP(=O)([O-])OCC[N+](C)(C)C. The van der Waals surface area contributed by atoms with Gasteiger partial charge in [0.25, 0.3) is 7.82 Å². The zero-order chi connectivity index (χ0) is 61.9. The first-order valence-electron chi connectivity index (χ1n) is 37.5. The van der Waals surface area contributed by atoms with Crippen molar-refractivity contribution in [3.63, 3.8) is 0 Å². The number of hydrogen-bond donors (Lipinski definition) is 0.